The van der Waals surface area contributed by atoms with Gasteiger partial charge < -0.3 is 4.90 Å². The number of hydrogen-bond donors (Lipinski definition) is 0. The number of carbonyl (C=O) groups excluding carboxylic acids is 1. The second-order valence-corrected chi connectivity index (χ2v) is 15.3. The zero-order chi connectivity index (χ0) is 25.1. The number of anilines is 1. The summed E-state index contributed by atoms with van der Waals surface area (Å²) in [5.74, 6) is 1.47. The van der Waals surface area contributed by atoms with Crippen molar-refractivity contribution in [2.45, 2.75) is 44.3 Å². The number of halogens is 2. The summed E-state index contributed by atoms with van der Waals surface area (Å²) in [5.41, 5.74) is 3.55. The second kappa shape index (κ2) is 13.9. The minimum Gasteiger partial charge on any atom is -0.369 e. The fourth-order valence-corrected chi connectivity index (χ4v) is 7.93. The predicted octanol–water partition coefficient (Wildman–Crippen LogP) is 7.26. The third kappa shape index (κ3) is 8.23. The monoisotopic (exact) mass is 525 g/mol. The zero-order valence-electron chi connectivity index (χ0n) is 20.9. The highest BCUT2D eigenvalue weighted by Gasteiger charge is 2.31. The van der Waals surface area contributed by atoms with Crippen molar-refractivity contribution in [3.63, 3.8) is 0 Å². The summed E-state index contributed by atoms with van der Waals surface area (Å²) < 4.78 is 0. The van der Waals surface area contributed by atoms with E-state index in [1.54, 1.807) is 0 Å². The molecule has 0 aliphatic rings. The first-order valence-electron chi connectivity index (χ1n) is 12.5. The van der Waals surface area contributed by atoms with Gasteiger partial charge in [-0.25, -0.2) is 0 Å². The Bertz CT molecular complexity index is 1020. The van der Waals surface area contributed by atoms with Crippen molar-refractivity contribution in [3.8, 4) is 0 Å². The van der Waals surface area contributed by atoms with Gasteiger partial charge in [0.2, 0.25) is 0 Å². The van der Waals surface area contributed by atoms with Crippen molar-refractivity contribution in [3.05, 3.63) is 96.1 Å². The van der Waals surface area contributed by atoms with E-state index in [9.17, 15) is 4.79 Å². The van der Waals surface area contributed by atoms with Gasteiger partial charge in [-0.05, 0) is 42.1 Å². The quantitative estimate of drug-likeness (QED) is 0.163. The molecular formula is C30H37Cl2NOSi. The van der Waals surface area contributed by atoms with Gasteiger partial charge in [-0.3, -0.25) is 4.79 Å². The van der Waals surface area contributed by atoms with E-state index in [1.165, 1.54) is 10.8 Å². The SMILES string of the molecule is C[Si](C)(CC(C(=O)CCCc1ccc(N(CCCl)CCCl)cc1)c1ccccc1)c1ccccc1. The number of hydrogen-bond acceptors (Lipinski definition) is 2. The summed E-state index contributed by atoms with van der Waals surface area (Å²) in [6, 6.07) is 30.6. The fourth-order valence-electron chi connectivity index (χ4n) is 4.71. The van der Waals surface area contributed by atoms with Gasteiger partial charge in [0, 0.05) is 42.9 Å². The maximum Gasteiger partial charge on any atom is 0.140 e. The third-order valence-corrected chi connectivity index (χ3v) is 10.4. The average molecular weight is 527 g/mol. The lowest BCUT2D eigenvalue weighted by Crippen LogP contribution is -2.43. The molecule has 0 aromatic heterocycles. The molecule has 0 saturated heterocycles. The summed E-state index contributed by atoms with van der Waals surface area (Å²) in [4.78, 5) is 15.7. The minimum atomic E-state index is -1.77. The van der Waals surface area contributed by atoms with E-state index in [0.717, 1.165) is 43.2 Å². The molecule has 35 heavy (non-hydrogen) atoms. The van der Waals surface area contributed by atoms with Gasteiger partial charge in [0.15, 0.2) is 0 Å². The summed E-state index contributed by atoms with van der Waals surface area (Å²) in [6.45, 7) is 6.33. The van der Waals surface area contributed by atoms with Gasteiger partial charge in [0.25, 0.3) is 0 Å². The number of nitrogens with zero attached hydrogens (tertiary/aromatic N) is 1. The van der Waals surface area contributed by atoms with Crippen LogP contribution in [0.15, 0.2) is 84.9 Å². The molecule has 1 unspecified atom stereocenters. The molecule has 3 aromatic rings. The molecule has 5 heteroatoms. The molecule has 3 rings (SSSR count). The van der Waals surface area contributed by atoms with Crippen LogP contribution in [0, 0.1) is 0 Å². The third-order valence-electron chi connectivity index (χ3n) is 6.76. The Balaban J connectivity index is 1.64. The van der Waals surface area contributed by atoms with E-state index >= 15 is 0 Å². The molecule has 186 valence electrons. The van der Waals surface area contributed by atoms with Crippen molar-refractivity contribution in [2.24, 2.45) is 0 Å². The molecular weight excluding hydrogens is 489 g/mol. The molecule has 3 aromatic carbocycles. The van der Waals surface area contributed by atoms with E-state index in [4.69, 9.17) is 23.2 Å². The highest BCUT2D eigenvalue weighted by molar-refractivity contribution is 6.90. The standard InChI is InChI=1S/C30H37Cl2NOSi/c1-35(2,28-13-7-4-8-14-28)24-29(26-11-5-3-6-12-26)30(34)15-9-10-25-16-18-27(19-17-25)33(22-20-31)23-21-32/h3-8,11-14,16-19,29H,9-10,15,20-24H2,1-2H3. The highest BCUT2D eigenvalue weighted by Crippen LogP contribution is 2.29. The van der Waals surface area contributed by atoms with Gasteiger partial charge in [-0.2, -0.15) is 0 Å². The highest BCUT2D eigenvalue weighted by atomic mass is 35.5. The molecule has 0 amide bonds. The summed E-state index contributed by atoms with van der Waals surface area (Å²) in [6.07, 6.45) is 2.37. The van der Waals surface area contributed by atoms with Crippen molar-refractivity contribution in [1.82, 2.24) is 0 Å². The van der Waals surface area contributed by atoms with Crippen LogP contribution in [0.4, 0.5) is 5.69 Å². The van der Waals surface area contributed by atoms with Gasteiger partial charge in [0.05, 0.1) is 8.07 Å². The van der Waals surface area contributed by atoms with Crippen LogP contribution in [0.5, 0.6) is 0 Å². The molecule has 0 aliphatic heterocycles. The molecule has 0 spiro atoms. The zero-order valence-corrected chi connectivity index (χ0v) is 23.4. The normalized spacial score (nSPS) is 12.3. The number of Topliss-reactive ketones (excluding diaryl/α,β-unsaturated/α-hetero) is 1. The summed E-state index contributed by atoms with van der Waals surface area (Å²) in [5, 5.41) is 1.41. The molecule has 0 fully saturated rings. The van der Waals surface area contributed by atoms with Gasteiger partial charge in [0.1, 0.15) is 5.78 Å². The first-order chi connectivity index (χ1) is 16.9. The van der Waals surface area contributed by atoms with Gasteiger partial charge in [-0.1, -0.05) is 91.1 Å². The van der Waals surface area contributed by atoms with E-state index in [-0.39, 0.29) is 5.92 Å². The Kier molecular flexibility index (Phi) is 10.9. The first-order valence-corrected chi connectivity index (χ1v) is 16.8. The average Bonchev–Trinajstić information content (AvgIpc) is 2.88. The first kappa shape index (κ1) is 27.5. The van der Waals surface area contributed by atoms with Crippen LogP contribution in [0.25, 0.3) is 0 Å². The molecule has 0 aliphatic carbocycles. The second-order valence-electron chi connectivity index (χ2n) is 9.77. The van der Waals surface area contributed by atoms with Crippen LogP contribution < -0.4 is 10.1 Å². The number of carbonyl (C=O) groups is 1. The van der Waals surface area contributed by atoms with Gasteiger partial charge >= 0.3 is 0 Å². The van der Waals surface area contributed by atoms with Crippen molar-refractivity contribution in [2.75, 3.05) is 29.7 Å². The van der Waals surface area contributed by atoms with Crippen LogP contribution in [0.2, 0.25) is 19.1 Å². The maximum absolute atomic E-state index is 13.5. The minimum absolute atomic E-state index is 0.0416. The molecule has 0 bridgehead atoms. The Labute approximate surface area is 222 Å². The van der Waals surface area contributed by atoms with Crippen molar-refractivity contribution in [1.29, 1.82) is 0 Å². The van der Waals surface area contributed by atoms with Crippen LogP contribution in [0.1, 0.15) is 29.9 Å². The van der Waals surface area contributed by atoms with E-state index in [1.807, 2.05) is 18.2 Å². The van der Waals surface area contributed by atoms with Crippen LogP contribution in [-0.4, -0.2) is 38.7 Å². The number of rotatable bonds is 14. The lowest BCUT2D eigenvalue weighted by molar-refractivity contribution is -0.120. The topological polar surface area (TPSA) is 20.3 Å². The van der Waals surface area contributed by atoms with E-state index < -0.39 is 8.07 Å². The van der Waals surface area contributed by atoms with Crippen LogP contribution >= 0.6 is 23.2 Å². The maximum atomic E-state index is 13.5. The van der Waals surface area contributed by atoms with Crippen molar-refractivity contribution < 1.29 is 4.79 Å². The van der Waals surface area contributed by atoms with E-state index in [0.29, 0.717) is 24.0 Å². The lowest BCUT2D eigenvalue weighted by Gasteiger charge is -2.28. The Morgan fingerprint density at radius 3 is 1.97 bits per heavy atom. The van der Waals surface area contributed by atoms with Crippen LogP contribution in [-0.2, 0) is 11.2 Å². The van der Waals surface area contributed by atoms with Crippen molar-refractivity contribution >= 4 is 47.9 Å². The Hall–Kier alpha value is -2.07. The number of ketones is 1. The molecule has 0 N–H and O–H groups in total. The molecule has 1 atom stereocenters. The number of alkyl halides is 2. The fraction of sp³-hybridized carbons (Fsp3) is 0.367. The Morgan fingerprint density at radius 1 is 0.829 bits per heavy atom. The molecule has 0 saturated carbocycles. The summed E-state index contributed by atoms with van der Waals surface area (Å²) >= 11 is 11.9. The smallest absolute Gasteiger partial charge is 0.140 e. The van der Waals surface area contributed by atoms with Crippen LogP contribution in [0.3, 0.4) is 0 Å². The predicted molar refractivity (Wildman–Crippen MR) is 156 cm³/mol. The largest absolute Gasteiger partial charge is 0.369 e. The van der Waals surface area contributed by atoms with E-state index in [2.05, 4.69) is 84.7 Å². The molecule has 0 heterocycles. The number of aryl methyl sites for hydroxylation is 1. The number of benzene rings is 3. The Morgan fingerprint density at radius 2 is 1.40 bits per heavy atom. The van der Waals surface area contributed by atoms with Gasteiger partial charge in [-0.15, -0.1) is 23.2 Å². The molecule has 0 radical (unpaired) electrons. The molecule has 2 nitrogen and oxygen atoms in total. The lowest BCUT2D eigenvalue weighted by atomic mass is 9.93. The summed E-state index contributed by atoms with van der Waals surface area (Å²) in [7, 11) is -1.77.